The van der Waals surface area contributed by atoms with Gasteiger partial charge < -0.3 is 14.3 Å². The standard InChI is InChI=1S/C25H19ClN2O6/c1-2-32-22-14-17(12-20-23(27-34-25(20)29)18-6-4-3-5-7-18)13-21(26)24(22)33-15-16-8-10-19(11-9-16)28(30)31/h3-14H,2,15H2,1H3/b20-12-. The van der Waals surface area contributed by atoms with E-state index in [1.54, 1.807) is 30.3 Å². The summed E-state index contributed by atoms with van der Waals surface area (Å²) >= 11 is 6.51. The SMILES string of the molecule is CCOc1cc(/C=C2\C(=O)ON=C2c2ccccc2)cc(Cl)c1OCc1ccc([N+](=O)[O-])cc1. The molecule has 1 aliphatic heterocycles. The van der Waals surface area contributed by atoms with Crippen LogP contribution >= 0.6 is 11.6 Å². The molecule has 0 amide bonds. The predicted octanol–water partition coefficient (Wildman–Crippen LogP) is 5.57. The van der Waals surface area contributed by atoms with E-state index >= 15 is 0 Å². The van der Waals surface area contributed by atoms with Gasteiger partial charge in [0, 0.05) is 17.7 Å². The van der Waals surface area contributed by atoms with Crippen molar-refractivity contribution in [2.75, 3.05) is 6.61 Å². The lowest BCUT2D eigenvalue weighted by molar-refractivity contribution is -0.384. The third kappa shape index (κ3) is 5.07. The molecule has 34 heavy (non-hydrogen) atoms. The Morgan fingerprint density at radius 3 is 2.50 bits per heavy atom. The Morgan fingerprint density at radius 1 is 1.09 bits per heavy atom. The lowest BCUT2D eigenvalue weighted by Crippen LogP contribution is -2.07. The second-order valence-electron chi connectivity index (χ2n) is 7.22. The normalized spacial score (nSPS) is 14.0. The van der Waals surface area contributed by atoms with Gasteiger partial charge in [0.1, 0.15) is 12.3 Å². The van der Waals surface area contributed by atoms with E-state index in [1.807, 2.05) is 37.3 Å². The molecule has 0 aromatic heterocycles. The van der Waals surface area contributed by atoms with Gasteiger partial charge in [-0.25, -0.2) is 4.79 Å². The molecule has 0 saturated heterocycles. The van der Waals surface area contributed by atoms with Gasteiger partial charge in [0.25, 0.3) is 5.69 Å². The summed E-state index contributed by atoms with van der Waals surface area (Å²) in [4.78, 5) is 27.6. The highest BCUT2D eigenvalue weighted by Gasteiger charge is 2.27. The van der Waals surface area contributed by atoms with Crippen molar-refractivity contribution >= 4 is 35.0 Å². The van der Waals surface area contributed by atoms with Crippen molar-refractivity contribution in [3.8, 4) is 11.5 Å². The minimum Gasteiger partial charge on any atom is -0.490 e. The fourth-order valence-electron chi connectivity index (χ4n) is 3.32. The minimum atomic E-state index is -0.563. The monoisotopic (exact) mass is 478 g/mol. The molecule has 0 aliphatic carbocycles. The number of nitro groups is 1. The molecule has 3 aromatic rings. The van der Waals surface area contributed by atoms with Crippen LogP contribution in [0.5, 0.6) is 11.5 Å². The summed E-state index contributed by atoms with van der Waals surface area (Å²) in [5, 5.41) is 15.0. The van der Waals surface area contributed by atoms with Crippen molar-refractivity contribution in [2.24, 2.45) is 5.16 Å². The Kier molecular flexibility index (Phi) is 6.89. The van der Waals surface area contributed by atoms with E-state index in [4.69, 9.17) is 25.9 Å². The lowest BCUT2D eigenvalue weighted by Gasteiger charge is -2.15. The fraction of sp³-hybridized carbons (Fsp3) is 0.120. The number of hydrogen-bond acceptors (Lipinski definition) is 7. The molecule has 0 spiro atoms. The van der Waals surface area contributed by atoms with Crippen LogP contribution in [-0.2, 0) is 16.2 Å². The molecule has 4 rings (SSSR count). The summed E-state index contributed by atoms with van der Waals surface area (Å²) in [6.07, 6.45) is 1.63. The molecular formula is C25H19ClN2O6. The van der Waals surface area contributed by atoms with Crippen molar-refractivity contribution in [3.05, 3.63) is 104 Å². The van der Waals surface area contributed by atoms with Crippen molar-refractivity contribution in [1.82, 2.24) is 0 Å². The van der Waals surface area contributed by atoms with Crippen molar-refractivity contribution < 1.29 is 24.0 Å². The Morgan fingerprint density at radius 2 is 1.82 bits per heavy atom. The van der Waals surface area contributed by atoms with E-state index in [9.17, 15) is 14.9 Å². The second kappa shape index (κ2) is 10.2. The summed E-state index contributed by atoms with van der Waals surface area (Å²) < 4.78 is 11.6. The van der Waals surface area contributed by atoms with Crippen molar-refractivity contribution in [3.63, 3.8) is 0 Å². The number of rotatable bonds is 8. The van der Waals surface area contributed by atoms with E-state index in [0.29, 0.717) is 35.0 Å². The maximum absolute atomic E-state index is 12.3. The van der Waals surface area contributed by atoms with E-state index in [0.717, 1.165) is 11.1 Å². The molecule has 0 radical (unpaired) electrons. The molecule has 1 heterocycles. The van der Waals surface area contributed by atoms with Crippen LogP contribution in [0.25, 0.3) is 6.08 Å². The zero-order valence-corrected chi connectivity index (χ0v) is 18.8. The van der Waals surface area contributed by atoms with Gasteiger partial charge in [0.15, 0.2) is 11.5 Å². The van der Waals surface area contributed by atoms with Crippen LogP contribution in [0.15, 0.2) is 77.5 Å². The summed E-state index contributed by atoms with van der Waals surface area (Å²) in [7, 11) is 0. The summed E-state index contributed by atoms with van der Waals surface area (Å²) in [5.74, 6) is 0.162. The molecule has 0 saturated carbocycles. The molecular weight excluding hydrogens is 460 g/mol. The molecule has 0 unspecified atom stereocenters. The number of ether oxygens (including phenoxy) is 2. The van der Waals surface area contributed by atoms with Gasteiger partial charge in [-0.15, -0.1) is 0 Å². The Balaban J connectivity index is 1.61. The number of carbonyl (C=O) groups excluding carboxylic acids is 1. The zero-order valence-electron chi connectivity index (χ0n) is 18.1. The van der Waals surface area contributed by atoms with E-state index in [-0.39, 0.29) is 17.3 Å². The van der Waals surface area contributed by atoms with Crippen LogP contribution in [-0.4, -0.2) is 23.2 Å². The number of hydrogen-bond donors (Lipinski definition) is 0. The van der Waals surface area contributed by atoms with Gasteiger partial charge >= 0.3 is 5.97 Å². The summed E-state index contributed by atoms with van der Waals surface area (Å²) in [6, 6.07) is 18.6. The molecule has 0 atom stereocenters. The molecule has 172 valence electrons. The first-order valence-electron chi connectivity index (χ1n) is 10.4. The third-order valence-electron chi connectivity index (χ3n) is 4.92. The lowest BCUT2D eigenvalue weighted by atomic mass is 10.0. The van der Waals surface area contributed by atoms with Gasteiger partial charge in [-0.3, -0.25) is 10.1 Å². The van der Waals surface area contributed by atoms with Crippen molar-refractivity contribution in [1.29, 1.82) is 0 Å². The first kappa shape index (κ1) is 23.0. The molecule has 8 nitrogen and oxygen atoms in total. The molecule has 0 fully saturated rings. The highest BCUT2D eigenvalue weighted by atomic mass is 35.5. The van der Waals surface area contributed by atoms with Gasteiger partial charge in [-0.05, 0) is 48.4 Å². The van der Waals surface area contributed by atoms with Gasteiger partial charge in [0.05, 0.1) is 22.1 Å². The number of oxime groups is 1. The van der Waals surface area contributed by atoms with E-state index in [1.165, 1.54) is 12.1 Å². The van der Waals surface area contributed by atoms with Crippen LogP contribution < -0.4 is 9.47 Å². The average molecular weight is 479 g/mol. The molecule has 0 N–H and O–H groups in total. The van der Waals surface area contributed by atoms with Crippen LogP contribution in [0.4, 0.5) is 5.69 Å². The quantitative estimate of drug-likeness (QED) is 0.181. The molecule has 0 bridgehead atoms. The Labute approximate surface area is 200 Å². The number of halogens is 1. The minimum absolute atomic E-state index is 0.00183. The Hall–Kier alpha value is -4.17. The predicted molar refractivity (Wildman–Crippen MR) is 127 cm³/mol. The average Bonchev–Trinajstić information content (AvgIpc) is 3.19. The zero-order chi connectivity index (χ0) is 24.1. The largest absolute Gasteiger partial charge is 0.490 e. The maximum atomic E-state index is 12.3. The van der Waals surface area contributed by atoms with E-state index in [2.05, 4.69) is 5.16 Å². The first-order valence-corrected chi connectivity index (χ1v) is 10.7. The molecule has 3 aromatic carbocycles. The number of nitrogens with zero attached hydrogens (tertiary/aromatic N) is 2. The van der Waals surface area contributed by atoms with Crippen LogP contribution in [0.3, 0.4) is 0 Å². The van der Waals surface area contributed by atoms with Gasteiger partial charge in [-0.1, -0.05) is 47.1 Å². The smallest absolute Gasteiger partial charge is 0.368 e. The number of non-ortho nitro benzene ring substituents is 1. The highest BCUT2D eigenvalue weighted by molar-refractivity contribution is 6.33. The second-order valence-corrected chi connectivity index (χ2v) is 7.63. The highest BCUT2D eigenvalue weighted by Crippen LogP contribution is 2.38. The molecule has 9 heteroatoms. The Bertz CT molecular complexity index is 1290. The number of nitro benzene ring substituents is 1. The van der Waals surface area contributed by atoms with Crippen molar-refractivity contribution in [2.45, 2.75) is 13.5 Å². The van der Waals surface area contributed by atoms with Crippen LogP contribution in [0, 0.1) is 10.1 Å². The van der Waals surface area contributed by atoms with Gasteiger partial charge in [0.2, 0.25) is 0 Å². The maximum Gasteiger partial charge on any atom is 0.368 e. The van der Waals surface area contributed by atoms with Crippen LogP contribution in [0.2, 0.25) is 5.02 Å². The molecule has 1 aliphatic rings. The number of carbonyl (C=O) groups is 1. The first-order chi connectivity index (χ1) is 16.5. The third-order valence-corrected chi connectivity index (χ3v) is 5.20. The summed E-state index contributed by atoms with van der Waals surface area (Å²) in [6.45, 7) is 2.33. The van der Waals surface area contributed by atoms with Crippen LogP contribution in [0.1, 0.15) is 23.6 Å². The topological polar surface area (TPSA) is 100 Å². The van der Waals surface area contributed by atoms with Gasteiger partial charge in [-0.2, -0.15) is 0 Å². The van der Waals surface area contributed by atoms with E-state index < -0.39 is 10.9 Å². The summed E-state index contributed by atoms with van der Waals surface area (Å²) in [5.41, 5.74) is 2.81. The number of benzene rings is 3. The fourth-order valence-corrected chi connectivity index (χ4v) is 3.60.